The third-order valence-corrected chi connectivity index (χ3v) is 2.35. The molecule has 4 nitrogen and oxygen atoms in total. The quantitative estimate of drug-likeness (QED) is 0.533. The standard InChI is InChI=1S/C13H20N2O2/c1-14-10-6-5-9-13(16)15-17-11-12-7-3-2-4-8-12/h2-4,7-8,14H,5-6,9-11H2,1H3,(H,15,16). The van der Waals surface area contributed by atoms with E-state index in [2.05, 4.69) is 10.8 Å². The van der Waals surface area contributed by atoms with Crippen LogP contribution in [0.25, 0.3) is 0 Å². The Balaban J connectivity index is 2.04. The maximum Gasteiger partial charge on any atom is 0.243 e. The molecule has 4 heteroatoms. The summed E-state index contributed by atoms with van der Waals surface area (Å²) in [6.45, 7) is 1.35. The molecule has 2 N–H and O–H groups in total. The molecule has 0 aromatic heterocycles. The molecular formula is C13H20N2O2. The van der Waals surface area contributed by atoms with Gasteiger partial charge in [-0.2, -0.15) is 0 Å². The summed E-state index contributed by atoms with van der Waals surface area (Å²) >= 11 is 0. The molecule has 0 heterocycles. The zero-order valence-electron chi connectivity index (χ0n) is 10.2. The number of carbonyl (C=O) groups is 1. The van der Waals surface area contributed by atoms with Crippen LogP contribution in [0.5, 0.6) is 0 Å². The van der Waals surface area contributed by atoms with Crippen molar-refractivity contribution >= 4 is 5.91 Å². The van der Waals surface area contributed by atoms with Crippen LogP contribution in [-0.4, -0.2) is 19.5 Å². The molecule has 1 aromatic rings. The second kappa shape index (κ2) is 8.73. The van der Waals surface area contributed by atoms with Crippen LogP contribution in [0.4, 0.5) is 0 Å². The fourth-order valence-electron chi connectivity index (χ4n) is 1.41. The lowest BCUT2D eigenvalue weighted by atomic mass is 10.2. The molecule has 0 radical (unpaired) electrons. The van der Waals surface area contributed by atoms with Gasteiger partial charge in [-0.3, -0.25) is 9.63 Å². The number of unbranched alkanes of at least 4 members (excludes halogenated alkanes) is 1. The minimum Gasteiger partial charge on any atom is -0.320 e. The summed E-state index contributed by atoms with van der Waals surface area (Å²) in [7, 11) is 1.91. The first-order chi connectivity index (χ1) is 8.33. The zero-order chi connectivity index (χ0) is 12.3. The second-order valence-electron chi connectivity index (χ2n) is 3.86. The molecule has 17 heavy (non-hydrogen) atoms. The van der Waals surface area contributed by atoms with Crippen molar-refractivity contribution < 1.29 is 9.63 Å². The van der Waals surface area contributed by atoms with E-state index in [4.69, 9.17) is 4.84 Å². The van der Waals surface area contributed by atoms with Crippen molar-refractivity contribution in [3.63, 3.8) is 0 Å². The van der Waals surface area contributed by atoms with E-state index in [-0.39, 0.29) is 5.91 Å². The Kier molecular flexibility index (Phi) is 7.02. The van der Waals surface area contributed by atoms with Gasteiger partial charge >= 0.3 is 0 Å². The van der Waals surface area contributed by atoms with Gasteiger partial charge in [0, 0.05) is 6.42 Å². The smallest absolute Gasteiger partial charge is 0.243 e. The Labute approximate surface area is 102 Å². The Morgan fingerprint density at radius 3 is 2.71 bits per heavy atom. The van der Waals surface area contributed by atoms with Crippen LogP contribution in [0.15, 0.2) is 30.3 Å². The van der Waals surface area contributed by atoms with E-state index < -0.39 is 0 Å². The van der Waals surface area contributed by atoms with Gasteiger partial charge in [-0.05, 0) is 32.0 Å². The van der Waals surface area contributed by atoms with Gasteiger partial charge in [0.2, 0.25) is 5.91 Å². The Morgan fingerprint density at radius 2 is 2.00 bits per heavy atom. The van der Waals surface area contributed by atoms with E-state index in [1.807, 2.05) is 37.4 Å². The van der Waals surface area contributed by atoms with Gasteiger partial charge in [-0.25, -0.2) is 5.48 Å². The average Bonchev–Trinajstić information content (AvgIpc) is 2.36. The van der Waals surface area contributed by atoms with Gasteiger partial charge in [0.05, 0.1) is 6.61 Å². The number of carbonyl (C=O) groups excluding carboxylic acids is 1. The predicted octanol–water partition coefficient (Wildman–Crippen LogP) is 1.62. The summed E-state index contributed by atoms with van der Waals surface area (Å²) < 4.78 is 0. The molecule has 0 aliphatic heterocycles. The number of amides is 1. The van der Waals surface area contributed by atoms with Crippen molar-refractivity contribution in [3.05, 3.63) is 35.9 Å². The zero-order valence-corrected chi connectivity index (χ0v) is 10.2. The molecule has 1 rings (SSSR count). The minimum absolute atomic E-state index is 0.0583. The number of nitrogens with one attached hydrogen (secondary N) is 2. The van der Waals surface area contributed by atoms with Crippen molar-refractivity contribution in [1.82, 2.24) is 10.8 Å². The highest BCUT2D eigenvalue weighted by atomic mass is 16.6. The van der Waals surface area contributed by atoms with Crippen molar-refractivity contribution in [3.8, 4) is 0 Å². The van der Waals surface area contributed by atoms with Gasteiger partial charge in [-0.1, -0.05) is 30.3 Å². The van der Waals surface area contributed by atoms with Crippen LogP contribution >= 0.6 is 0 Å². The molecule has 0 bridgehead atoms. The Bertz CT molecular complexity index is 314. The van der Waals surface area contributed by atoms with Crippen molar-refractivity contribution in [2.45, 2.75) is 25.9 Å². The van der Waals surface area contributed by atoms with Gasteiger partial charge in [0.1, 0.15) is 0 Å². The van der Waals surface area contributed by atoms with E-state index in [0.29, 0.717) is 13.0 Å². The highest BCUT2D eigenvalue weighted by Crippen LogP contribution is 1.99. The molecule has 0 saturated carbocycles. The molecule has 0 unspecified atom stereocenters. The first-order valence-electron chi connectivity index (χ1n) is 5.92. The topological polar surface area (TPSA) is 50.4 Å². The van der Waals surface area contributed by atoms with Crippen molar-refractivity contribution in [2.24, 2.45) is 0 Å². The van der Waals surface area contributed by atoms with Crippen molar-refractivity contribution in [2.75, 3.05) is 13.6 Å². The van der Waals surface area contributed by atoms with E-state index in [1.165, 1.54) is 0 Å². The maximum atomic E-state index is 11.3. The molecule has 0 atom stereocenters. The minimum atomic E-state index is -0.0583. The average molecular weight is 236 g/mol. The van der Waals surface area contributed by atoms with Crippen LogP contribution in [0.2, 0.25) is 0 Å². The maximum absolute atomic E-state index is 11.3. The molecule has 0 aliphatic rings. The Hall–Kier alpha value is -1.39. The Morgan fingerprint density at radius 1 is 1.24 bits per heavy atom. The lowest BCUT2D eigenvalue weighted by Crippen LogP contribution is -2.23. The molecule has 0 spiro atoms. The number of hydrogen-bond acceptors (Lipinski definition) is 3. The molecule has 1 amide bonds. The molecule has 0 saturated heterocycles. The fourth-order valence-corrected chi connectivity index (χ4v) is 1.41. The third-order valence-electron chi connectivity index (χ3n) is 2.35. The number of hydroxylamine groups is 1. The van der Waals surface area contributed by atoms with E-state index in [9.17, 15) is 4.79 Å². The summed E-state index contributed by atoms with van der Waals surface area (Å²) in [5, 5.41) is 3.04. The molecule has 94 valence electrons. The van der Waals surface area contributed by atoms with E-state index in [1.54, 1.807) is 0 Å². The lowest BCUT2D eigenvalue weighted by molar-refractivity contribution is -0.134. The van der Waals surface area contributed by atoms with E-state index >= 15 is 0 Å². The monoisotopic (exact) mass is 236 g/mol. The molecule has 0 fully saturated rings. The molecular weight excluding hydrogens is 216 g/mol. The normalized spacial score (nSPS) is 10.2. The number of benzene rings is 1. The van der Waals surface area contributed by atoms with Gasteiger partial charge in [0.25, 0.3) is 0 Å². The van der Waals surface area contributed by atoms with Gasteiger partial charge in [0.15, 0.2) is 0 Å². The summed E-state index contributed by atoms with van der Waals surface area (Å²) in [6, 6.07) is 9.75. The first kappa shape index (κ1) is 13.7. The van der Waals surface area contributed by atoms with Crippen LogP contribution in [-0.2, 0) is 16.2 Å². The number of rotatable bonds is 8. The van der Waals surface area contributed by atoms with Gasteiger partial charge < -0.3 is 5.32 Å². The summed E-state index contributed by atoms with van der Waals surface area (Å²) in [5.74, 6) is -0.0583. The van der Waals surface area contributed by atoms with Crippen LogP contribution in [0.1, 0.15) is 24.8 Å². The largest absolute Gasteiger partial charge is 0.320 e. The van der Waals surface area contributed by atoms with Gasteiger partial charge in [-0.15, -0.1) is 0 Å². The highest BCUT2D eigenvalue weighted by molar-refractivity contribution is 5.74. The fraction of sp³-hybridized carbons (Fsp3) is 0.462. The molecule has 1 aromatic carbocycles. The van der Waals surface area contributed by atoms with Crippen molar-refractivity contribution in [1.29, 1.82) is 0 Å². The molecule has 0 aliphatic carbocycles. The predicted molar refractivity (Wildman–Crippen MR) is 67.2 cm³/mol. The third kappa shape index (κ3) is 6.71. The summed E-state index contributed by atoms with van der Waals surface area (Å²) in [5.41, 5.74) is 3.49. The van der Waals surface area contributed by atoms with Crippen LogP contribution in [0, 0.1) is 0 Å². The number of hydrogen-bond donors (Lipinski definition) is 2. The van der Waals surface area contributed by atoms with Crippen LogP contribution < -0.4 is 10.8 Å². The van der Waals surface area contributed by atoms with E-state index in [0.717, 1.165) is 24.9 Å². The van der Waals surface area contributed by atoms with Crippen LogP contribution in [0.3, 0.4) is 0 Å². The summed E-state index contributed by atoms with van der Waals surface area (Å²) in [6.07, 6.45) is 2.39. The lowest BCUT2D eigenvalue weighted by Gasteiger charge is -2.05. The summed E-state index contributed by atoms with van der Waals surface area (Å²) in [4.78, 5) is 16.5. The SMILES string of the molecule is CNCCCCC(=O)NOCc1ccccc1. The first-order valence-corrected chi connectivity index (χ1v) is 5.92. The highest BCUT2D eigenvalue weighted by Gasteiger charge is 2.00. The second-order valence-corrected chi connectivity index (χ2v) is 3.86.